The van der Waals surface area contributed by atoms with Crippen LogP contribution < -0.4 is 0 Å². The second kappa shape index (κ2) is 3.97. The van der Waals surface area contributed by atoms with Crippen LogP contribution in [0.3, 0.4) is 0 Å². The Balaban J connectivity index is 1.85. The lowest BCUT2D eigenvalue weighted by atomic mass is 9.85. The molecule has 3 fully saturated rings. The van der Waals surface area contributed by atoms with Gasteiger partial charge in [0.05, 0.1) is 0 Å². The largest absolute Gasteiger partial charge is 0.329 e. The molecule has 2 heterocycles. The van der Waals surface area contributed by atoms with Gasteiger partial charge in [-0.25, -0.2) is 0 Å². The van der Waals surface area contributed by atoms with Gasteiger partial charge in [-0.2, -0.15) is 0 Å². The zero-order chi connectivity index (χ0) is 12.9. The van der Waals surface area contributed by atoms with Crippen molar-refractivity contribution in [1.82, 2.24) is 9.80 Å². The number of amides is 2. The summed E-state index contributed by atoms with van der Waals surface area (Å²) in [5.74, 6) is 0.354. The quantitative estimate of drug-likeness (QED) is 0.706. The van der Waals surface area contributed by atoms with Crippen LogP contribution in [0.5, 0.6) is 0 Å². The minimum atomic E-state index is -0.150. The molecule has 0 radical (unpaired) electrons. The fourth-order valence-corrected chi connectivity index (χ4v) is 3.98. The van der Waals surface area contributed by atoms with Crippen LogP contribution >= 0.6 is 0 Å². The van der Waals surface area contributed by atoms with Crippen LogP contribution in [0.15, 0.2) is 0 Å². The van der Waals surface area contributed by atoms with Crippen molar-refractivity contribution in [1.29, 1.82) is 0 Å². The predicted molar refractivity (Wildman–Crippen MR) is 67.9 cm³/mol. The Hall–Kier alpha value is -1.06. The highest BCUT2D eigenvalue weighted by molar-refractivity contribution is 5.95. The maximum absolute atomic E-state index is 12.6. The SMILES string of the molecule is CC1(C)CCCC1N1CC(=O)N2CCCC2C1=O. The standard InChI is InChI=1S/C14H22N2O2/c1-14(2)7-3-6-11(14)16-9-12(17)15-8-4-5-10(15)13(16)18/h10-11H,3-9H2,1-2H3. The number of piperazine rings is 1. The van der Waals surface area contributed by atoms with Gasteiger partial charge in [-0.3, -0.25) is 9.59 Å². The van der Waals surface area contributed by atoms with E-state index in [1.165, 1.54) is 6.42 Å². The van der Waals surface area contributed by atoms with Gasteiger partial charge in [-0.1, -0.05) is 20.3 Å². The molecule has 0 bridgehead atoms. The van der Waals surface area contributed by atoms with Gasteiger partial charge in [-0.15, -0.1) is 0 Å². The van der Waals surface area contributed by atoms with E-state index >= 15 is 0 Å². The van der Waals surface area contributed by atoms with E-state index in [9.17, 15) is 9.59 Å². The van der Waals surface area contributed by atoms with Crippen LogP contribution in [0.1, 0.15) is 46.0 Å². The van der Waals surface area contributed by atoms with E-state index in [1.807, 2.05) is 4.90 Å². The second-order valence-corrected chi connectivity index (χ2v) is 6.61. The molecular formula is C14H22N2O2. The second-order valence-electron chi connectivity index (χ2n) is 6.61. The summed E-state index contributed by atoms with van der Waals surface area (Å²) in [6.45, 7) is 5.54. The van der Waals surface area contributed by atoms with Gasteiger partial charge < -0.3 is 9.80 Å². The Bertz CT molecular complexity index is 391. The molecule has 2 saturated heterocycles. The van der Waals surface area contributed by atoms with E-state index in [2.05, 4.69) is 13.8 Å². The summed E-state index contributed by atoms with van der Waals surface area (Å²) in [6.07, 6.45) is 5.21. The minimum absolute atomic E-state index is 0.150. The molecule has 4 heteroatoms. The number of carbonyl (C=O) groups excluding carboxylic acids is 2. The van der Waals surface area contributed by atoms with Crippen molar-refractivity contribution in [2.45, 2.75) is 58.0 Å². The van der Waals surface area contributed by atoms with Gasteiger partial charge >= 0.3 is 0 Å². The third kappa shape index (κ3) is 1.65. The first-order chi connectivity index (χ1) is 8.50. The van der Waals surface area contributed by atoms with Crippen molar-refractivity contribution < 1.29 is 9.59 Å². The lowest BCUT2D eigenvalue weighted by Crippen LogP contribution is -2.61. The highest BCUT2D eigenvalue weighted by atomic mass is 16.2. The summed E-state index contributed by atoms with van der Waals surface area (Å²) in [4.78, 5) is 28.4. The zero-order valence-corrected chi connectivity index (χ0v) is 11.3. The Kier molecular flexibility index (Phi) is 2.65. The van der Waals surface area contributed by atoms with E-state index in [-0.39, 0.29) is 29.3 Å². The molecule has 2 amide bonds. The maximum atomic E-state index is 12.6. The fourth-order valence-electron chi connectivity index (χ4n) is 3.98. The molecule has 0 aromatic carbocycles. The lowest BCUT2D eigenvalue weighted by Gasteiger charge is -2.43. The van der Waals surface area contributed by atoms with Gasteiger partial charge in [0.2, 0.25) is 11.8 Å². The first-order valence-electron chi connectivity index (χ1n) is 7.11. The average Bonchev–Trinajstić information content (AvgIpc) is 2.90. The van der Waals surface area contributed by atoms with Crippen LogP contribution in [0.2, 0.25) is 0 Å². The maximum Gasteiger partial charge on any atom is 0.246 e. The third-order valence-corrected chi connectivity index (χ3v) is 5.02. The van der Waals surface area contributed by atoms with Gasteiger partial charge in [0.15, 0.2) is 0 Å². The van der Waals surface area contributed by atoms with Crippen molar-refractivity contribution in [2.24, 2.45) is 5.41 Å². The molecule has 0 aromatic heterocycles. The number of rotatable bonds is 1. The Labute approximate surface area is 108 Å². The number of hydrogen-bond donors (Lipinski definition) is 0. The Morgan fingerprint density at radius 3 is 2.56 bits per heavy atom. The topological polar surface area (TPSA) is 40.6 Å². The first-order valence-corrected chi connectivity index (χ1v) is 7.11. The first kappa shape index (κ1) is 12.0. The summed E-state index contributed by atoms with van der Waals surface area (Å²) in [6, 6.07) is 0.111. The summed E-state index contributed by atoms with van der Waals surface area (Å²) < 4.78 is 0. The predicted octanol–water partition coefficient (Wildman–Crippen LogP) is 1.40. The van der Waals surface area contributed by atoms with Crippen LogP contribution in [-0.2, 0) is 9.59 Å². The molecular weight excluding hydrogens is 228 g/mol. The highest BCUT2D eigenvalue weighted by Crippen LogP contribution is 2.42. The van der Waals surface area contributed by atoms with Gasteiger partial charge in [0.25, 0.3) is 0 Å². The highest BCUT2D eigenvalue weighted by Gasteiger charge is 2.48. The molecule has 1 aliphatic carbocycles. The number of carbonyl (C=O) groups is 2. The summed E-state index contributed by atoms with van der Waals surface area (Å²) in [5.41, 5.74) is 0.163. The molecule has 3 rings (SSSR count). The van der Waals surface area contributed by atoms with E-state index in [1.54, 1.807) is 4.90 Å². The molecule has 2 unspecified atom stereocenters. The molecule has 4 nitrogen and oxygen atoms in total. The molecule has 1 saturated carbocycles. The zero-order valence-electron chi connectivity index (χ0n) is 11.3. The van der Waals surface area contributed by atoms with Crippen LogP contribution in [0.25, 0.3) is 0 Å². The van der Waals surface area contributed by atoms with E-state index in [4.69, 9.17) is 0 Å². The summed E-state index contributed by atoms with van der Waals surface area (Å²) in [5, 5.41) is 0. The van der Waals surface area contributed by atoms with Crippen molar-refractivity contribution >= 4 is 11.8 Å². The third-order valence-electron chi connectivity index (χ3n) is 5.02. The Morgan fingerprint density at radius 2 is 1.89 bits per heavy atom. The summed E-state index contributed by atoms with van der Waals surface area (Å²) in [7, 11) is 0. The average molecular weight is 250 g/mol. The van der Waals surface area contributed by atoms with Crippen LogP contribution in [0.4, 0.5) is 0 Å². The molecule has 0 N–H and O–H groups in total. The van der Waals surface area contributed by atoms with E-state index in [0.717, 1.165) is 32.2 Å². The lowest BCUT2D eigenvalue weighted by molar-refractivity contribution is -0.157. The van der Waals surface area contributed by atoms with Crippen LogP contribution in [-0.4, -0.2) is 46.8 Å². The molecule has 2 atom stereocenters. The molecule has 0 aromatic rings. The van der Waals surface area contributed by atoms with Crippen molar-refractivity contribution in [3.63, 3.8) is 0 Å². The van der Waals surface area contributed by atoms with Gasteiger partial charge in [0, 0.05) is 12.6 Å². The van der Waals surface area contributed by atoms with Crippen molar-refractivity contribution in [3.05, 3.63) is 0 Å². The van der Waals surface area contributed by atoms with Crippen molar-refractivity contribution in [2.75, 3.05) is 13.1 Å². The Morgan fingerprint density at radius 1 is 1.11 bits per heavy atom. The smallest absolute Gasteiger partial charge is 0.246 e. The molecule has 3 aliphatic rings. The summed E-state index contributed by atoms with van der Waals surface area (Å²) >= 11 is 0. The minimum Gasteiger partial charge on any atom is -0.329 e. The molecule has 18 heavy (non-hydrogen) atoms. The van der Waals surface area contributed by atoms with Gasteiger partial charge in [0.1, 0.15) is 12.6 Å². The van der Waals surface area contributed by atoms with Crippen LogP contribution in [0, 0.1) is 5.41 Å². The number of nitrogens with zero attached hydrogens (tertiary/aromatic N) is 2. The number of fused-ring (bicyclic) bond motifs is 1. The van der Waals surface area contributed by atoms with Crippen molar-refractivity contribution in [3.8, 4) is 0 Å². The normalized spacial score (nSPS) is 35.2. The van der Waals surface area contributed by atoms with Gasteiger partial charge in [-0.05, 0) is 31.1 Å². The number of hydrogen-bond acceptors (Lipinski definition) is 2. The molecule has 0 spiro atoms. The van der Waals surface area contributed by atoms with E-state index < -0.39 is 0 Å². The molecule has 100 valence electrons. The van der Waals surface area contributed by atoms with E-state index in [0.29, 0.717) is 6.54 Å². The monoisotopic (exact) mass is 250 g/mol. The fraction of sp³-hybridized carbons (Fsp3) is 0.857. The molecule has 2 aliphatic heterocycles.